The van der Waals surface area contributed by atoms with Crippen LogP contribution in [0.3, 0.4) is 0 Å². The summed E-state index contributed by atoms with van der Waals surface area (Å²) >= 11 is 0. The fraction of sp³-hybridized carbons (Fsp3) is 0.143. The monoisotopic (exact) mass is 307 g/mol. The fourth-order valence-electron chi connectivity index (χ4n) is 2.58. The Hall–Kier alpha value is -2.12. The van der Waals surface area contributed by atoms with E-state index in [1.165, 1.54) is 18.2 Å². The molecule has 0 saturated carbocycles. The molecule has 3 rings (SSSR count). The summed E-state index contributed by atoms with van der Waals surface area (Å²) in [5.74, 6) is -0.310. The lowest BCUT2D eigenvalue weighted by atomic mass is 10.1. The van der Waals surface area contributed by atoms with Crippen LogP contribution in [0.4, 0.5) is 21.5 Å². The zero-order valence-corrected chi connectivity index (χ0v) is 11.9. The normalized spacial score (nSPS) is 14.3. The van der Waals surface area contributed by atoms with Crippen LogP contribution in [0.15, 0.2) is 41.3 Å². The maximum atomic E-state index is 13.4. The van der Waals surface area contributed by atoms with Crippen LogP contribution < -0.4 is 15.8 Å². The summed E-state index contributed by atoms with van der Waals surface area (Å²) in [6, 6.07) is 9.19. The quantitative estimate of drug-likeness (QED) is 0.827. The van der Waals surface area contributed by atoms with Gasteiger partial charge in [-0.2, -0.15) is 0 Å². The molecule has 0 amide bonds. The van der Waals surface area contributed by atoms with Gasteiger partial charge in [-0.15, -0.1) is 0 Å². The number of hydrogen-bond acceptors (Lipinski definition) is 4. The molecule has 7 heteroatoms. The Balaban J connectivity index is 2.05. The van der Waals surface area contributed by atoms with Gasteiger partial charge in [0.25, 0.3) is 0 Å². The third kappa shape index (κ3) is 2.45. The van der Waals surface area contributed by atoms with Crippen LogP contribution in [0.2, 0.25) is 0 Å². The molecule has 2 aromatic rings. The Labute approximate surface area is 122 Å². The molecule has 4 N–H and O–H groups in total. The van der Waals surface area contributed by atoms with Crippen molar-refractivity contribution in [3.05, 3.63) is 47.8 Å². The second kappa shape index (κ2) is 4.71. The van der Waals surface area contributed by atoms with Crippen LogP contribution in [-0.4, -0.2) is 15.0 Å². The van der Waals surface area contributed by atoms with Crippen LogP contribution in [0.25, 0.3) is 0 Å². The molecule has 1 heterocycles. The highest BCUT2D eigenvalue weighted by atomic mass is 32.2. The molecule has 2 aromatic carbocycles. The predicted octanol–water partition coefficient (Wildman–Crippen LogP) is 1.75. The molecule has 0 fully saturated rings. The maximum Gasteiger partial charge on any atom is 0.240 e. The van der Waals surface area contributed by atoms with Gasteiger partial charge in [-0.25, -0.2) is 17.9 Å². The highest BCUT2D eigenvalue weighted by molar-refractivity contribution is 7.89. The first kappa shape index (κ1) is 13.8. The van der Waals surface area contributed by atoms with Gasteiger partial charge in [0.1, 0.15) is 10.7 Å². The summed E-state index contributed by atoms with van der Waals surface area (Å²) in [7, 11) is -3.84. The van der Waals surface area contributed by atoms with Crippen molar-refractivity contribution in [2.45, 2.75) is 11.3 Å². The van der Waals surface area contributed by atoms with E-state index >= 15 is 0 Å². The highest BCUT2D eigenvalue weighted by Crippen LogP contribution is 2.36. The molecule has 0 atom stereocenters. The van der Waals surface area contributed by atoms with Crippen LogP contribution in [0.5, 0.6) is 0 Å². The molecule has 1 aliphatic heterocycles. The Kier molecular flexibility index (Phi) is 3.11. The minimum Gasteiger partial charge on any atom is -0.398 e. The smallest absolute Gasteiger partial charge is 0.240 e. The van der Waals surface area contributed by atoms with Gasteiger partial charge in [0.2, 0.25) is 10.0 Å². The summed E-state index contributed by atoms with van der Waals surface area (Å²) in [5.41, 5.74) is 8.38. The van der Waals surface area contributed by atoms with E-state index in [0.717, 1.165) is 17.7 Å². The Morgan fingerprint density at radius 3 is 2.57 bits per heavy atom. The molecule has 1 aliphatic rings. The second-order valence-electron chi connectivity index (χ2n) is 4.94. The molecule has 0 aromatic heterocycles. The van der Waals surface area contributed by atoms with Crippen LogP contribution in [-0.2, 0) is 16.4 Å². The van der Waals surface area contributed by atoms with E-state index in [4.69, 9.17) is 10.9 Å². The molecule has 0 radical (unpaired) electrons. The van der Waals surface area contributed by atoms with Crippen molar-refractivity contribution >= 4 is 27.1 Å². The average molecular weight is 307 g/mol. The van der Waals surface area contributed by atoms with Crippen LogP contribution >= 0.6 is 0 Å². The third-order valence-corrected chi connectivity index (χ3v) is 4.54. The van der Waals surface area contributed by atoms with Crippen LogP contribution in [0, 0.1) is 5.82 Å². The molecule has 0 bridgehead atoms. The van der Waals surface area contributed by atoms with Crippen molar-refractivity contribution in [2.24, 2.45) is 5.14 Å². The summed E-state index contributed by atoms with van der Waals surface area (Å²) in [5, 5.41) is 5.09. The van der Waals surface area contributed by atoms with E-state index in [0.29, 0.717) is 12.2 Å². The van der Waals surface area contributed by atoms with Gasteiger partial charge < -0.3 is 10.6 Å². The van der Waals surface area contributed by atoms with Crippen molar-refractivity contribution in [3.8, 4) is 0 Å². The standard InChI is InChI=1S/C14H14FN3O2S/c15-10-2-1-9-5-6-18(13(9)7-10)11-3-4-14(12(16)8-11)21(17,19)20/h1-4,7-8H,5-6,16H2,(H2,17,19,20). The second-order valence-corrected chi connectivity index (χ2v) is 6.47. The topological polar surface area (TPSA) is 89.4 Å². The van der Waals surface area contributed by atoms with Crippen molar-refractivity contribution in [3.63, 3.8) is 0 Å². The summed E-state index contributed by atoms with van der Waals surface area (Å²) < 4.78 is 36.1. The average Bonchev–Trinajstić information content (AvgIpc) is 2.79. The number of halogens is 1. The number of hydrogen-bond donors (Lipinski definition) is 2. The Morgan fingerprint density at radius 1 is 1.14 bits per heavy atom. The van der Waals surface area contributed by atoms with Gasteiger partial charge in [-0.05, 0) is 42.3 Å². The van der Waals surface area contributed by atoms with Gasteiger partial charge in [0, 0.05) is 17.9 Å². The van der Waals surface area contributed by atoms with E-state index in [9.17, 15) is 12.8 Å². The Morgan fingerprint density at radius 2 is 1.90 bits per heavy atom. The number of anilines is 3. The first-order valence-electron chi connectivity index (χ1n) is 6.34. The number of fused-ring (bicyclic) bond motifs is 1. The fourth-order valence-corrected chi connectivity index (χ4v) is 3.23. The van der Waals surface area contributed by atoms with E-state index in [-0.39, 0.29) is 16.4 Å². The lowest BCUT2D eigenvalue weighted by Gasteiger charge is -2.20. The lowest BCUT2D eigenvalue weighted by molar-refractivity contribution is 0.598. The van der Waals surface area contributed by atoms with E-state index in [1.54, 1.807) is 18.2 Å². The Bertz CT molecular complexity index is 821. The number of nitrogens with two attached hydrogens (primary N) is 2. The van der Waals surface area contributed by atoms with Gasteiger partial charge >= 0.3 is 0 Å². The highest BCUT2D eigenvalue weighted by Gasteiger charge is 2.22. The van der Waals surface area contributed by atoms with E-state index in [2.05, 4.69) is 0 Å². The summed E-state index contributed by atoms with van der Waals surface area (Å²) in [6.07, 6.45) is 0.798. The number of rotatable bonds is 2. The molecule has 0 unspecified atom stereocenters. The first-order valence-corrected chi connectivity index (χ1v) is 7.89. The maximum absolute atomic E-state index is 13.4. The first-order chi connectivity index (χ1) is 9.86. The number of sulfonamides is 1. The van der Waals surface area contributed by atoms with Crippen molar-refractivity contribution in [1.29, 1.82) is 0 Å². The number of primary sulfonamides is 1. The largest absolute Gasteiger partial charge is 0.398 e. The van der Waals surface area contributed by atoms with Crippen molar-refractivity contribution in [1.82, 2.24) is 0 Å². The van der Waals surface area contributed by atoms with Gasteiger partial charge in [0.05, 0.1) is 5.69 Å². The molecular weight excluding hydrogens is 293 g/mol. The summed E-state index contributed by atoms with van der Waals surface area (Å²) in [6.45, 7) is 0.687. The molecule has 0 saturated heterocycles. The molecule has 110 valence electrons. The number of nitrogens with zero attached hydrogens (tertiary/aromatic N) is 1. The molecule has 0 spiro atoms. The van der Waals surface area contributed by atoms with Crippen molar-refractivity contribution < 1.29 is 12.8 Å². The van der Waals surface area contributed by atoms with E-state index in [1.807, 2.05) is 4.90 Å². The minimum atomic E-state index is -3.84. The van der Waals surface area contributed by atoms with Gasteiger partial charge in [0.15, 0.2) is 0 Å². The number of nitrogen functional groups attached to an aromatic ring is 1. The van der Waals surface area contributed by atoms with Crippen LogP contribution in [0.1, 0.15) is 5.56 Å². The summed E-state index contributed by atoms with van der Waals surface area (Å²) in [4.78, 5) is 1.80. The molecule has 0 aliphatic carbocycles. The van der Waals surface area contributed by atoms with Gasteiger partial charge in [-0.3, -0.25) is 0 Å². The third-order valence-electron chi connectivity index (χ3n) is 3.55. The van der Waals surface area contributed by atoms with Crippen molar-refractivity contribution in [2.75, 3.05) is 17.2 Å². The zero-order valence-electron chi connectivity index (χ0n) is 11.1. The predicted molar refractivity (Wildman–Crippen MR) is 79.3 cm³/mol. The molecular formula is C14H14FN3O2S. The SMILES string of the molecule is Nc1cc(N2CCc3ccc(F)cc32)ccc1S(N)(=O)=O. The molecule has 21 heavy (non-hydrogen) atoms. The lowest BCUT2D eigenvalue weighted by Crippen LogP contribution is -2.17. The zero-order chi connectivity index (χ0) is 15.2. The van der Waals surface area contributed by atoms with E-state index < -0.39 is 10.0 Å². The number of benzene rings is 2. The van der Waals surface area contributed by atoms with Gasteiger partial charge in [-0.1, -0.05) is 6.07 Å². The minimum absolute atomic E-state index is 0.0832. The molecule has 5 nitrogen and oxygen atoms in total.